The Bertz CT molecular complexity index is 152. The average molecular weight is 206 g/mol. The summed E-state index contributed by atoms with van der Waals surface area (Å²) in [4.78, 5) is 1.87. The number of halogens is 2. The first-order valence-electron chi connectivity index (χ1n) is 5.34. The van der Waals surface area contributed by atoms with E-state index in [0.29, 0.717) is 12.1 Å². The van der Waals surface area contributed by atoms with Crippen molar-refractivity contribution >= 4 is 0 Å². The van der Waals surface area contributed by atoms with E-state index in [2.05, 4.69) is 19.2 Å². The molecule has 1 aliphatic rings. The van der Waals surface area contributed by atoms with Crippen molar-refractivity contribution in [2.45, 2.75) is 45.2 Å². The molecule has 0 radical (unpaired) electrons. The number of hydrogen-bond donors (Lipinski definition) is 1. The van der Waals surface area contributed by atoms with E-state index in [1.54, 1.807) is 0 Å². The SMILES string of the molecule is CC1CCN(CC(F)F)CCC(C)N1. The summed E-state index contributed by atoms with van der Waals surface area (Å²) >= 11 is 0. The van der Waals surface area contributed by atoms with Gasteiger partial charge in [0.05, 0.1) is 6.54 Å². The number of nitrogens with zero attached hydrogens (tertiary/aromatic N) is 1. The van der Waals surface area contributed by atoms with Gasteiger partial charge in [-0.3, -0.25) is 4.90 Å². The third kappa shape index (κ3) is 4.33. The van der Waals surface area contributed by atoms with Crippen LogP contribution >= 0.6 is 0 Å². The Balaban J connectivity index is 2.37. The fourth-order valence-corrected chi connectivity index (χ4v) is 1.89. The van der Waals surface area contributed by atoms with E-state index in [1.165, 1.54) is 0 Å². The Kier molecular flexibility index (Phi) is 4.75. The molecule has 0 amide bonds. The van der Waals surface area contributed by atoms with Gasteiger partial charge in [-0.1, -0.05) is 0 Å². The lowest BCUT2D eigenvalue weighted by atomic mass is 10.1. The molecular formula is C10H20F2N2. The molecule has 2 nitrogen and oxygen atoms in total. The molecule has 0 spiro atoms. The van der Waals surface area contributed by atoms with Crippen LogP contribution in [0.4, 0.5) is 8.78 Å². The molecule has 14 heavy (non-hydrogen) atoms. The van der Waals surface area contributed by atoms with Crippen molar-refractivity contribution < 1.29 is 8.78 Å². The fraction of sp³-hybridized carbons (Fsp3) is 1.00. The number of alkyl halides is 2. The lowest BCUT2D eigenvalue weighted by molar-refractivity contribution is 0.0801. The molecule has 0 aromatic heterocycles. The van der Waals surface area contributed by atoms with Crippen LogP contribution in [0.25, 0.3) is 0 Å². The molecule has 2 unspecified atom stereocenters. The van der Waals surface area contributed by atoms with Crippen molar-refractivity contribution in [3.63, 3.8) is 0 Å². The second-order valence-corrected chi connectivity index (χ2v) is 4.24. The molecule has 0 saturated carbocycles. The van der Waals surface area contributed by atoms with Gasteiger partial charge in [0.15, 0.2) is 0 Å². The molecule has 1 saturated heterocycles. The van der Waals surface area contributed by atoms with Crippen molar-refractivity contribution in [3.05, 3.63) is 0 Å². The zero-order chi connectivity index (χ0) is 10.6. The standard InChI is InChI=1S/C10H20F2N2/c1-8-3-5-14(7-10(11)12)6-4-9(2)13-8/h8-10,13H,3-7H2,1-2H3. The number of rotatable bonds is 2. The third-order valence-electron chi connectivity index (χ3n) is 2.72. The molecular weight excluding hydrogens is 186 g/mol. The van der Waals surface area contributed by atoms with Crippen molar-refractivity contribution in [2.75, 3.05) is 19.6 Å². The zero-order valence-corrected chi connectivity index (χ0v) is 8.97. The number of hydrogen-bond acceptors (Lipinski definition) is 2. The van der Waals surface area contributed by atoms with E-state index in [4.69, 9.17) is 0 Å². The highest BCUT2D eigenvalue weighted by molar-refractivity contribution is 4.75. The third-order valence-corrected chi connectivity index (χ3v) is 2.72. The molecule has 1 rings (SSSR count). The maximum Gasteiger partial charge on any atom is 0.251 e. The maximum absolute atomic E-state index is 12.2. The van der Waals surface area contributed by atoms with Gasteiger partial charge < -0.3 is 5.32 Å². The van der Waals surface area contributed by atoms with Gasteiger partial charge in [0.2, 0.25) is 0 Å². The summed E-state index contributed by atoms with van der Waals surface area (Å²) < 4.78 is 24.4. The molecule has 1 heterocycles. The van der Waals surface area contributed by atoms with Gasteiger partial charge >= 0.3 is 0 Å². The van der Waals surface area contributed by atoms with Gasteiger partial charge in [0.25, 0.3) is 6.43 Å². The van der Waals surface area contributed by atoms with Crippen molar-refractivity contribution in [3.8, 4) is 0 Å². The van der Waals surface area contributed by atoms with Crippen molar-refractivity contribution in [2.24, 2.45) is 0 Å². The Morgan fingerprint density at radius 1 is 1.21 bits per heavy atom. The van der Waals surface area contributed by atoms with Gasteiger partial charge in [-0.05, 0) is 39.8 Å². The van der Waals surface area contributed by atoms with E-state index in [9.17, 15) is 8.78 Å². The molecule has 84 valence electrons. The normalized spacial score (nSPS) is 31.5. The quantitative estimate of drug-likeness (QED) is 0.740. The first-order valence-corrected chi connectivity index (χ1v) is 5.34. The summed E-state index contributed by atoms with van der Waals surface area (Å²) in [7, 11) is 0. The Hall–Kier alpha value is -0.220. The summed E-state index contributed by atoms with van der Waals surface area (Å²) in [5, 5.41) is 3.44. The van der Waals surface area contributed by atoms with Crippen LogP contribution in [-0.2, 0) is 0 Å². The van der Waals surface area contributed by atoms with Crippen LogP contribution in [0.15, 0.2) is 0 Å². The van der Waals surface area contributed by atoms with Crippen LogP contribution in [0.2, 0.25) is 0 Å². The van der Waals surface area contributed by atoms with E-state index < -0.39 is 6.43 Å². The van der Waals surface area contributed by atoms with Crippen molar-refractivity contribution in [1.29, 1.82) is 0 Å². The largest absolute Gasteiger partial charge is 0.312 e. The molecule has 4 heteroatoms. The van der Waals surface area contributed by atoms with Gasteiger partial charge in [0.1, 0.15) is 0 Å². The van der Waals surface area contributed by atoms with Gasteiger partial charge in [0, 0.05) is 12.1 Å². The molecule has 0 bridgehead atoms. The van der Waals surface area contributed by atoms with Crippen LogP contribution in [0, 0.1) is 0 Å². The molecule has 1 aliphatic heterocycles. The molecule has 0 aliphatic carbocycles. The highest BCUT2D eigenvalue weighted by Crippen LogP contribution is 2.08. The minimum Gasteiger partial charge on any atom is -0.312 e. The molecule has 0 aromatic rings. The van der Waals surface area contributed by atoms with Crippen molar-refractivity contribution in [1.82, 2.24) is 10.2 Å². The van der Waals surface area contributed by atoms with E-state index >= 15 is 0 Å². The first kappa shape index (κ1) is 11.9. The lowest BCUT2D eigenvalue weighted by Gasteiger charge is -2.30. The smallest absolute Gasteiger partial charge is 0.251 e. The summed E-state index contributed by atoms with van der Waals surface area (Å²) in [5.41, 5.74) is 0. The van der Waals surface area contributed by atoms with E-state index in [1.807, 2.05) is 4.90 Å². The zero-order valence-electron chi connectivity index (χ0n) is 8.97. The average Bonchev–Trinajstić information content (AvgIpc) is 2.07. The summed E-state index contributed by atoms with van der Waals surface area (Å²) in [6.07, 6.45) is -0.290. The predicted molar refractivity (Wildman–Crippen MR) is 53.7 cm³/mol. The van der Waals surface area contributed by atoms with Crippen LogP contribution in [0.1, 0.15) is 26.7 Å². The highest BCUT2D eigenvalue weighted by Gasteiger charge is 2.18. The lowest BCUT2D eigenvalue weighted by Crippen LogP contribution is -2.44. The minimum absolute atomic E-state index is 0.0700. The van der Waals surface area contributed by atoms with Crippen LogP contribution in [-0.4, -0.2) is 43.0 Å². The Morgan fingerprint density at radius 3 is 2.14 bits per heavy atom. The summed E-state index contributed by atoms with van der Waals surface area (Å²) in [6.45, 7) is 5.72. The van der Waals surface area contributed by atoms with E-state index in [0.717, 1.165) is 25.9 Å². The second kappa shape index (κ2) is 5.61. The first-order chi connectivity index (χ1) is 6.58. The second-order valence-electron chi connectivity index (χ2n) is 4.24. The van der Waals surface area contributed by atoms with Gasteiger partial charge in [-0.2, -0.15) is 0 Å². The minimum atomic E-state index is -2.20. The van der Waals surface area contributed by atoms with E-state index in [-0.39, 0.29) is 6.54 Å². The monoisotopic (exact) mass is 206 g/mol. The Morgan fingerprint density at radius 2 is 1.71 bits per heavy atom. The van der Waals surface area contributed by atoms with Crippen LogP contribution in [0.5, 0.6) is 0 Å². The maximum atomic E-state index is 12.2. The van der Waals surface area contributed by atoms with Gasteiger partial charge in [-0.15, -0.1) is 0 Å². The topological polar surface area (TPSA) is 15.3 Å². The highest BCUT2D eigenvalue weighted by atomic mass is 19.3. The molecule has 1 fully saturated rings. The molecule has 1 N–H and O–H groups in total. The summed E-state index contributed by atoms with van der Waals surface area (Å²) in [5.74, 6) is 0. The summed E-state index contributed by atoms with van der Waals surface area (Å²) in [6, 6.07) is 0.871. The number of nitrogens with one attached hydrogen (secondary N) is 1. The fourth-order valence-electron chi connectivity index (χ4n) is 1.89. The molecule has 2 atom stereocenters. The van der Waals surface area contributed by atoms with Crippen LogP contribution in [0.3, 0.4) is 0 Å². The molecule has 0 aromatic carbocycles. The Labute approximate surface area is 84.7 Å². The van der Waals surface area contributed by atoms with Gasteiger partial charge in [-0.25, -0.2) is 8.78 Å². The van der Waals surface area contributed by atoms with Crippen LogP contribution < -0.4 is 5.32 Å². The predicted octanol–water partition coefficient (Wildman–Crippen LogP) is 1.71.